The summed E-state index contributed by atoms with van der Waals surface area (Å²) in [6.07, 6.45) is 0. The van der Waals surface area contributed by atoms with Crippen LogP contribution in [0, 0.1) is 0 Å². The standard InChI is InChI=1S/C10H15N3O4S2/c11-10-8(2-1-3-9(10)19(12,16)17)13-4-6-18(14,15)7-5-13/h1-3H,4-7,11H2,(H2,12,16,17). The fourth-order valence-corrected chi connectivity index (χ4v) is 3.89. The maximum absolute atomic E-state index is 11.4. The van der Waals surface area contributed by atoms with Crippen molar-refractivity contribution in [2.75, 3.05) is 35.2 Å². The molecule has 1 heterocycles. The van der Waals surface area contributed by atoms with Crippen molar-refractivity contribution in [1.29, 1.82) is 0 Å². The molecular formula is C10H15N3O4S2. The molecule has 1 saturated heterocycles. The summed E-state index contributed by atoms with van der Waals surface area (Å²) >= 11 is 0. The van der Waals surface area contributed by atoms with Crippen molar-refractivity contribution in [2.45, 2.75) is 4.90 Å². The van der Waals surface area contributed by atoms with Gasteiger partial charge in [0.15, 0.2) is 9.84 Å². The third-order valence-corrected chi connectivity index (χ3v) is 5.61. The molecule has 0 unspecified atom stereocenters. The van der Waals surface area contributed by atoms with Gasteiger partial charge in [-0.3, -0.25) is 0 Å². The summed E-state index contributed by atoms with van der Waals surface area (Å²) in [6, 6.07) is 4.52. The number of rotatable bonds is 2. The molecule has 1 aliphatic heterocycles. The fraction of sp³-hybridized carbons (Fsp3) is 0.400. The number of nitrogen functional groups attached to an aromatic ring is 1. The van der Waals surface area contributed by atoms with E-state index in [4.69, 9.17) is 10.9 Å². The summed E-state index contributed by atoms with van der Waals surface area (Å²) in [5, 5.41) is 5.08. The molecule has 19 heavy (non-hydrogen) atoms. The molecule has 1 fully saturated rings. The van der Waals surface area contributed by atoms with Gasteiger partial charge in [0, 0.05) is 13.1 Å². The van der Waals surface area contributed by atoms with E-state index in [9.17, 15) is 16.8 Å². The molecule has 106 valence electrons. The topological polar surface area (TPSA) is 124 Å². The van der Waals surface area contributed by atoms with E-state index in [0.29, 0.717) is 18.8 Å². The Morgan fingerprint density at radius 1 is 1.16 bits per heavy atom. The predicted molar refractivity (Wildman–Crippen MR) is 73.1 cm³/mol. The van der Waals surface area contributed by atoms with Gasteiger partial charge in [0.1, 0.15) is 4.90 Å². The molecule has 0 bridgehead atoms. The van der Waals surface area contributed by atoms with E-state index in [1.807, 2.05) is 0 Å². The molecule has 1 aromatic carbocycles. The van der Waals surface area contributed by atoms with E-state index in [2.05, 4.69) is 0 Å². The van der Waals surface area contributed by atoms with Crippen LogP contribution in [0.3, 0.4) is 0 Å². The molecule has 0 aliphatic carbocycles. The Kier molecular flexibility index (Phi) is 3.45. The van der Waals surface area contributed by atoms with Gasteiger partial charge in [-0.25, -0.2) is 22.0 Å². The first-order valence-electron chi connectivity index (χ1n) is 5.57. The average molecular weight is 305 g/mol. The molecule has 0 radical (unpaired) electrons. The normalized spacial score (nSPS) is 19.3. The maximum Gasteiger partial charge on any atom is 0.240 e. The van der Waals surface area contributed by atoms with Crippen molar-refractivity contribution in [1.82, 2.24) is 0 Å². The molecule has 4 N–H and O–H groups in total. The van der Waals surface area contributed by atoms with Crippen molar-refractivity contribution in [3.05, 3.63) is 18.2 Å². The van der Waals surface area contributed by atoms with Crippen LogP contribution in [-0.2, 0) is 19.9 Å². The lowest BCUT2D eigenvalue weighted by atomic mass is 10.2. The first-order valence-corrected chi connectivity index (χ1v) is 8.94. The lowest BCUT2D eigenvalue weighted by Crippen LogP contribution is -2.40. The van der Waals surface area contributed by atoms with E-state index in [1.54, 1.807) is 11.0 Å². The number of nitrogens with two attached hydrogens (primary N) is 2. The van der Waals surface area contributed by atoms with Gasteiger partial charge in [0.25, 0.3) is 0 Å². The SMILES string of the molecule is Nc1c(N2CCS(=O)(=O)CC2)cccc1S(N)(=O)=O. The first-order chi connectivity index (χ1) is 8.71. The molecule has 1 aromatic rings. The minimum absolute atomic E-state index is 0.0338. The smallest absolute Gasteiger partial charge is 0.240 e. The number of sulfonamides is 1. The predicted octanol–water partition coefficient (Wildman–Crippen LogP) is -0.849. The minimum Gasteiger partial charge on any atom is -0.396 e. The Labute approximate surface area is 112 Å². The van der Waals surface area contributed by atoms with Gasteiger partial charge in [-0.05, 0) is 12.1 Å². The van der Waals surface area contributed by atoms with Crippen LogP contribution < -0.4 is 15.8 Å². The molecule has 9 heteroatoms. The summed E-state index contributed by atoms with van der Waals surface area (Å²) in [4.78, 5) is 1.61. The van der Waals surface area contributed by atoms with Crippen LogP contribution in [-0.4, -0.2) is 41.4 Å². The number of primary sulfonamides is 1. The molecule has 0 atom stereocenters. The van der Waals surface area contributed by atoms with Gasteiger partial charge in [-0.15, -0.1) is 0 Å². The second kappa shape index (κ2) is 4.66. The number of benzene rings is 1. The molecule has 1 aliphatic rings. The highest BCUT2D eigenvalue weighted by Gasteiger charge is 2.24. The van der Waals surface area contributed by atoms with Crippen LogP contribution in [0.25, 0.3) is 0 Å². The lowest BCUT2D eigenvalue weighted by molar-refractivity contribution is 0.586. The summed E-state index contributed by atoms with van der Waals surface area (Å²) in [5.74, 6) is 0.0675. The Balaban J connectivity index is 2.37. The minimum atomic E-state index is -3.89. The van der Waals surface area contributed by atoms with E-state index in [-0.39, 0.29) is 22.1 Å². The van der Waals surface area contributed by atoms with Gasteiger partial charge in [0.05, 0.1) is 22.9 Å². The lowest BCUT2D eigenvalue weighted by Gasteiger charge is -2.30. The third-order valence-electron chi connectivity index (χ3n) is 3.03. The van der Waals surface area contributed by atoms with E-state index >= 15 is 0 Å². The summed E-state index contributed by atoms with van der Waals surface area (Å²) in [5.41, 5.74) is 6.38. The molecule has 0 spiro atoms. The monoisotopic (exact) mass is 305 g/mol. The molecular weight excluding hydrogens is 290 g/mol. The summed E-state index contributed by atoms with van der Waals surface area (Å²) < 4.78 is 45.5. The quantitative estimate of drug-likeness (QED) is 0.686. The highest BCUT2D eigenvalue weighted by Crippen LogP contribution is 2.29. The summed E-state index contributed by atoms with van der Waals surface area (Å²) in [6.45, 7) is 0.585. The first kappa shape index (κ1) is 14.1. The van der Waals surface area contributed by atoms with Gasteiger partial charge in [-0.1, -0.05) is 6.07 Å². The van der Waals surface area contributed by atoms with E-state index in [0.717, 1.165) is 0 Å². The van der Waals surface area contributed by atoms with Gasteiger partial charge < -0.3 is 10.6 Å². The fourth-order valence-electron chi connectivity index (χ4n) is 2.01. The number of nitrogens with zero attached hydrogens (tertiary/aromatic N) is 1. The van der Waals surface area contributed by atoms with Crippen molar-refractivity contribution in [2.24, 2.45) is 5.14 Å². The molecule has 0 aromatic heterocycles. The van der Waals surface area contributed by atoms with Crippen LogP contribution in [0.2, 0.25) is 0 Å². The number of hydrogen-bond donors (Lipinski definition) is 2. The summed E-state index contributed by atoms with van der Waals surface area (Å²) in [7, 11) is -6.89. The Morgan fingerprint density at radius 2 is 1.74 bits per heavy atom. The highest BCUT2D eigenvalue weighted by atomic mass is 32.2. The third kappa shape index (κ3) is 2.99. The molecule has 0 saturated carbocycles. The zero-order valence-corrected chi connectivity index (χ0v) is 11.7. The van der Waals surface area contributed by atoms with Crippen molar-refractivity contribution < 1.29 is 16.8 Å². The van der Waals surface area contributed by atoms with Crippen LogP contribution in [0.4, 0.5) is 11.4 Å². The zero-order valence-electron chi connectivity index (χ0n) is 10.1. The molecule has 2 rings (SSSR count). The average Bonchev–Trinajstić information content (AvgIpc) is 2.28. The van der Waals surface area contributed by atoms with Gasteiger partial charge in [0.2, 0.25) is 10.0 Å². The van der Waals surface area contributed by atoms with E-state index in [1.165, 1.54) is 12.1 Å². The largest absolute Gasteiger partial charge is 0.396 e. The highest BCUT2D eigenvalue weighted by molar-refractivity contribution is 7.91. The van der Waals surface area contributed by atoms with E-state index < -0.39 is 19.9 Å². The van der Waals surface area contributed by atoms with Crippen molar-refractivity contribution in [3.63, 3.8) is 0 Å². The second-order valence-electron chi connectivity index (χ2n) is 4.37. The number of para-hydroxylation sites is 1. The zero-order chi connectivity index (χ0) is 14.3. The Morgan fingerprint density at radius 3 is 2.26 bits per heavy atom. The van der Waals surface area contributed by atoms with Crippen molar-refractivity contribution in [3.8, 4) is 0 Å². The van der Waals surface area contributed by atoms with Crippen LogP contribution >= 0.6 is 0 Å². The number of hydrogen-bond acceptors (Lipinski definition) is 6. The molecule has 0 amide bonds. The van der Waals surface area contributed by atoms with Crippen LogP contribution in [0.15, 0.2) is 23.1 Å². The maximum atomic E-state index is 11.4. The van der Waals surface area contributed by atoms with Crippen LogP contribution in [0.1, 0.15) is 0 Å². The van der Waals surface area contributed by atoms with Crippen molar-refractivity contribution >= 4 is 31.2 Å². The van der Waals surface area contributed by atoms with Gasteiger partial charge >= 0.3 is 0 Å². The van der Waals surface area contributed by atoms with Crippen LogP contribution in [0.5, 0.6) is 0 Å². The number of sulfone groups is 1. The second-order valence-corrected chi connectivity index (χ2v) is 8.21. The Bertz CT molecular complexity index is 683. The molecule has 7 nitrogen and oxygen atoms in total. The number of anilines is 2. The Hall–Kier alpha value is -1.32. The van der Waals surface area contributed by atoms with Gasteiger partial charge in [-0.2, -0.15) is 0 Å².